The van der Waals surface area contributed by atoms with E-state index in [2.05, 4.69) is 183 Å². The summed E-state index contributed by atoms with van der Waals surface area (Å²) in [5.74, 6) is 0. The van der Waals surface area contributed by atoms with E-state index in [1.165, 1.54) is 54.9 Å². The topological polar surface area (TPSA) is 16.4 Å². The smallest absolute Gasteiger partial charge is 0.136 e. The summed E-state index contributed by atoms with van der Waals surface area (Å²) >= 11 is 0. The Balaban J connectivity index is 1.16. The van der Waals surface area contributed by atoms with Crippen LogP contribution in [0.1, 0.15) is 25.0 Å². The van der Waals surface area contributed by atoms with Crippen LogP contribution in [0.2, 0.25) is 0 Å². The quantitative estimate of drug-likeness (QED) is 0.193. The van der Waals surface area contributed by atoms with Crippen molar-refractivity contribution in [1.82, 2.24) is 0 Å². The van der Waals surface area contributed by atoms with E-state index in [0.29, 0.717) is 0 Å². The molecule has 0 atom stereocenters. The Morgan fingerprint density at radius 3 is 1.94 bits per heavy atom. The zero-order valence-corrected chi connectivity index (χ0v) is 27.4. The predicted octanol–water partition coefficient (Wildman–Crippen LogP) is 13.3. The molecule has 1 heterocycles. The maximum absolute atomic E-state index is 6.41. The molecule has 0 saturated carbocycles. The monoisotopic (exact) mass is 627 g/mol. The summed E-state index contributed by atoms with van der Waals surface area (Å²) in [5, 5.41) is 7.20. The first-order chi connectivity index (χ1) is 24.0. The molecule has 1 aromatic heterocycles. The van der Waals surface area contributed by atoms with E-state index in [1.807, 2.05) is 0 Å². The van der Waals surface area contributed by atoms with Crippen LogP contribution in [0, 0.1) is 0 Å². The Labute approximate surface area is 285 Å². The van der Waals surface area contributed by atoms with E-state index in [9.17, 15) is 0 Å². The van der Waals surface area contributed by atoms with E-state index in [1.54, 1.807) is 0 Å². The number of rotatable bonds is 4. The molecule has 0 bridgehead atoms. The van der Waals surface area contributed by atoms with Crippen LogP contribution >= 0.6 is 0 Å². The average molecular weight is 628 g/mol. The van der Waals surface area contributed by atoms with Gasteiger partial charge in [0.1, 0.15) is 11.2 Å². The van der Waals surface area contributed by atoms with E-state index < -0.39 is 0 Å². The Morgan fingerprint density at radius 2 is 1.06 bits per heavy atom. The Bertz CT molecular complexity index is 2750. The van der Waals surface area contributed by atoms with Crippen molar-refractivity contribution < 1.29 is 4.42 Å². The third-order valence-electron chi connectivity index (χ3n) is 10.6. The molecule has 1 aliphatic rings. The lowest BCUT2D eigenvalue weighted by Crippen LogP contribution is -2.15. The molecule has 0 amide bonds. The Hall–Kier alpha value is -6.12. The molecule has 0 spiro atoms. The first kappa shape index (κ1) is 27.9. The fraction of sp³-hybridized carbons (Fsp3) is 0.0638. The van der Waals surface area contributed by atoms with Gasteiger partial charge in [-0.2, -0.15) is 0 Å². The SMILES string of the molecule is CC1(C)c2ccccc2-c2cc(N(c3ccc(-c4ccc5ccccc5c4)cc3)c3ccc4oc5ccc6ccccc6c5c4c3)ccc21. The number of hydrogen-bond donors (Lipinski definition) is 0. The number of hydrogen-bond acceptors (Lipinski definition) is 2. The van der Waals surface area contributed by atoms with E-state index >= 15 is 0 Å². The van der Waals surface area contributed by atoms with Gasteiger partial charge in [-0.1, -0.05) is 123 Å². The summed E-state index contributed by atoms with van der Waals surface area (Å²) in [5.41, 5.74) is 12.9. The highest BCUT2D eigenvalue weighted by Gasteiger charge is 2.35. The van der Waals surface area contributed by atoms with Crippen molar-refractivity contribution in [1.29, 1.82) is 0 Å². The third kappa shape index (κ3) is 4.27. The second kappa shape index (κ2) is 10.4. The number of benzene rings is 8. The minimum absolute atomic E-state index is 0.0491. The minimum Gasteiger partial charge on any atom is -0.456 e. The van der Waals surface area contributed by atoms with Crippen molar-refractivity contribution in [3.63, 3.8) is 0 Å². The molecule has 2 heteroatoms. The summed E-state index contributed by atoms with van der Waals surface area (Å²) < 4.78 is 6.41. The van der Waals surface area contributed by atoms with Gasteiger partial charge in [0.05, 0.1) is 0 Å². The molecule has 0 unspecified atom stereocenters. The average Bonchev–Trinajstić information content (AvgIpc) is 3.64. The second-order valence-electron chi connectivity index (χ2n) is 13.8. The fourth-order valence-electron chi connectivity index (χ4n) is 8.14. The molecule has 9 aromatic rings. The lowest BCUT2D eigenvalue weighted by molar-refractivity contribution is 0.660. The van der Waals surface area contributed by atoms with Crippen molar-refractivity contribution in [3.05, 3.63) is 175 Å². The molecule has 1 aliphatic carbocycles. The van der Waals surface area contributed by atoms with Crippen molar-refractivity contribution in [2.24, 2.45) is 0 Å². The molecule has 0 saturated heterocycles. The number of fused-ring (bicyclic) bond motifs is 9. The zero-order valence-electron chi connectivity index (χ0n) is 27.4. The van der Waals surface area contributed by atoms with Gasteiger partial charge in [0.15, 0.2) is 0 Å². The van der Waals surface area contributed by atoms with E-state index in [-0.39, 0.29) is 5.41 Å². The summed E-state index contributed by atoms with van der Waals surface area (Å²) in [6.07, 6.45) is 0. The molecular weight excluding hydrogens is 595 g/mol. The third-order valence-corrected chi connectivity index (χ3v) is 10.6. The highest BCUT2D eigenvalue weighted by atomic mass is 16.3. The molecule has 8 aromatic carbocycles. The second-order valence-corrected chi connectivity index (χ2v) is 13.8. The van der Waals surface area contributed by atoms with Crippen LogP contribution in [-0.2, 0) is 5.41 Å². The maximum Gasteiger partial charge on any atom is 0.136 e. The van der Waals surface area contributed by atoms with Crippen LogP contribution in [-0.4, -0.2) is 0 Å². The highest BCUT2D eigenvalue weighted by molar-refractivity contribution is 6.19. The van der Waals surface area contributed by atoms with Gasteiger partial charge < -0.3 is 9.32 Å². The van der Waals surface area contributed by atoms with Crippen LogP contribution in [0.5, 0.6) is 0 Å². The van der Waals surface area contributed by atoms with Gasteiger partial charge in [0, 0.05) is 33.2 Å². The lowest BCUT2D eigenvalue weighted by Gasteiger charge is -2.27. The lowest BCUT2D eigenvalue weighted by atomic mass is 9.82. The molecule has 0 aliphatic heterocycles. The Morgan fingerprint density at radius 1 is 0.429 bits per heavy atom. The van der Waals surface area contributed by atoms with Crippen molar-refractivity contribution in [2.45, 2.75) is 19.3 Å². The van der Waals surface area contributed by atoms with Gasteiger partial charge in [0.2, 0.25) is 0 Å². The van der Waals surface area contributed by atoms with Crippen LogP contribution in [0.15, 0.2) is 168 Å². The van der Waals surface area contributed by atoms with Crippen molar-refractivity contribution in [2.75, 3.05) is 4.90 Å². The highest BCUT2D eigenvalue weighted by Crippen LogP contribution is 2.51. The number of anilines is 3. The molecule has 0 N–H and O–H groups in total. The maximum atomic E-state index is 6.41. The fourth-order valence-corrected chi connectivity index (χ4v) is 8.14. The summed E-state index contributed by atoms with van der Waals surface area (Å²) in [4.78, 5) is 2.39. The van der Waals surface area contributed by atoms with Crippen LogP contribution in [0.3, 0.4) is 0 Å². The van der Waals surface area contributed by atoms with Crippen LogP contribution in [0.25, 0.3) is 65.7 Å². The molecular formula is C47H33NO. The molecule has 10 rings (SSSR count). The normalized spacial score (nSPS) is 13.3. The van der Waals surface area contributed by atoms with Crippen LogP contribution in [0.4, 0.5) is 17.1 Å². The summed E-state index contributed by atoms with van der Waals surface area (Å²) in [6.45, 7) is 4.67. The van der Waals surface area contributed by atoms with Gasteiger partial charge in [0.25, 0.3) is 0 Å². The molecule has 0 radical (unpaired) electrons. The molecule has 49 heavy (non-hydrogen) atoms. The van der Waals surface area contributed by atoms with Gasteiger partial charge in [-0.05, 0) is 110 Å². The summed E-state index contributed by atoms with van der Waals surface area (Å²) in [6, 6.07) is 59.6. The zero-order chi connectivity index (χ0) is 32.7. The first-order valence-corrected chi connectivity index (χ1v) is 17.0. The van der Waals surface area contributed by atoms with Gasteiger partial charge in [-0.3, -0.25) is 0 Å². The minimum atomic E-state index is -0.0491. The summed E-state index contributed by atoms with van der Waals surface area (Å²) in [7, 11) is 0. The van der Waals surface area contributed by atoms with Gasteiger partial charge >= 0.3 is 0 Å². The number of nitrogens with zero attached hydrogens (tertiary/aromatic N) is 1. The van der Waals surface area contributed by atoms with E-state index in [0.717, 1.165) is 39.0 Å². The van der Waals surface area contributed by atoms with Crippen LogP contribution < -0.4 is 4.90 Å². The standard InChI is InChI=1S/C47H33NO/c1-47(2)42-14-8-7-13-39(42)40-28-36(22-24-43(40)47)48(35-20-17-31(18-21-35)34-16-15-30-9-3-4-11-33(30)27-34)37-23-26-44-41(29-37)46-38-12-6-5-10-32(38)19-25-45(46)49-44/h3-29H,1-2H3. The number of furan rings is 1. The molecule has 0 fully saturated rings. The van der Waals surface area contributed by atoms with E-state index in [4.69, 9.17) is 4.42 Å². The molecule has 232 valence electrons. The van der Waals surface area contributed by atoms with Gasteiger partial charge in [-0.25, -0.2) is 0 Å². The largest absolute Gasteiger partial charge is 0.456 e. The predicted molar refractivity (Wildman–Crippen MR) is 206 cm³/mol. The first-order valence-electron chi connectivity index (χ1n) is 17.0. The molecule has 2 nitrogen and oxygen atoms in total. The Kier molecular flexibility index (Phi) is 5.95. The van der Waals surface area contributed by atoms with Crippen molar-refractivity contribution in [3.8, 4) is 22.3 Å². The van der Waals surface area contributed by atoms with Crippen molar-refractivity contribution >= 4 is 60.5 Å². The van der Waals surface area contributed by atoms with Gasteiger partial charge in [-0.15, -0.1) is 0 Å².